The maximum absolute atomic E-state index is 13.1. The second kappa shape index (κ2) is 7.85. The third kappa shape index (κ3) is 4.59. The van der Waals surface area contributed by atoms with Gasteiger partial charge in [0.25, 0.3) is 0 Å². The Balaban J connectivity index is 2.00. The van der Waals surface area contributed by atoms with Gasteiger partial charge in [0.15, 0.2) is 0 Å². The molecule has 0 bridgehead atoms. The van der Waals surface area contributed by atoms with E-state index >= 15 is 0 Å². The molecule has 3 rings (SSSR count). The highest BCUT2D eigenvalue weighted by Crippen LogP contribution is 2.40. The first-order chi connectivity index (χ1) is 12.8. The molecule has 4 nitrogen and oxygen atoms in total. The molecule has 2 atom stereocenters. The van der Waals surface area contributed by atoms with Gasteiger partial charge in [0.1, 0.15) is 12.1 Å². The molecule has 1 amide bonds. The van der Waals surface area contributed by atoms with Crippen molar-refractivity contribution < 1.29 is 14.3 Å². The molecule has 142 valence electrons. The lowest BCUT2D eigenvalue weighted by Gasteiger charge is -2.26. The van der Waals surface area contributed by atoms with Crippen molar-refractivity contribution in [2.75, 3.05) is 11.4 Å². The molecule has 0 fully saturated rings. The largest absolute Gasteiger partial charge is 0.459 e. The molecule has 2 unspecified atom stereocenters. The van der Waals surface area contributed by atoms with Gasteiger partial charge in [-0.05, 0) is 44.4 Å². The topological polar surface area (TPSA) is 46.6 Å². The molecule has 1 heterocycles. The van der Waals surface area contributed by atoms with Crippen LogP contribution in [0, 0.1) is 0 Å². The molecular weight excluding hydrogens is 406 g/mol. The van der Waals surface area contributed by atoms with Crippen LogP contribution in [0.15, 0.2) is 54.6 Å². The van der Waals surface area contributed by atoms with Crippen molar-refractivity contribution in [3.8, 4) is 0 Å². The zero-order valence-corrected chi connectivity index (χ0v) is 17.4. The Morgan fingerprint density at radius 2 is 1.74 bits per heavy atom. The Hall–Kier alpha value is -2.14. The van der Waals surface area contributed by atoms with Gasteiger partial charge in [-0.3, -0.25) is 14.5 Å². The number of halogens is 1. The van der Waals surface area contributed by atoms with E-state index in [-0.39, 0.29) is 23.2 Å². The zero-order chi connectivity index (χ0) is 19.6. The highest BCUT2D eigenvalue weighted by Gasteiger charge is 2.35. The van der Waals surface area contributed by atoms with Crippen molar-refractivity contribution in [3.05, 3.63) is 65.7 Å². The van der Waals surface area contributed by atoms with E-state index in [1.54, 1.807) is 4.90 Å². The minimum atomic E-state index is -0.591. The molecule has 1 aliphatic rings. The first kappa shape index (κ1) is 19.6. The summed E-state index contributed by atoms with van der Waals surface area (Å²) in [7, 11) is 0. The molecule has 1 aliphatic heterocycles. The lowest BCUT2D eigenvalue weighted by atomic mass is 9.87. The minimum Gasteiger partial charge on any atom is -0.459 e. The molecule has 2 aromatic rings. The number of ether oxygens (including phenoxy) is 1. The summed E-state index contributed by atoms with van der Waals surface area (Å²) in [5.41, 5.74) is 2.37. The standard InChI is InChI=1S/C22H24BrNO3/c1-22(2,3)27-20(25)14-24-19-12-8-7-11-16(19)17(13-18(23)21(24)26)15-9-5-4-6-10-15/h4-12,17-18H,13-14H2,1-3H3. The molecule has 0 aromatic heterocycles. The second-order valence-electron chi connectivity index (χ2n) is 7.74. The number of hydrogen-bond donors (Lipinski definition) is 0. The molecule has 0 radical (unpaired) electrons. The molecule has 0 saturated heterocycles. The number of nitrogens with zero attached hydrogens (tertiary/aromatic N) is 1. The predicted octanol–water partition coefficient (Wildman–Crippen LogP) is 4.66. The number of hydrogen-bond acceptors (Lipinski definition) is 3. The molecule has 2 aromatic carbocycles. The van der Waals surface area contributed by atoms with Crippen LogP contribution in [0.25, 0.3) is 0 Å². The van der Waals surface area contributed by atoms with Crippen LogP contribution < -0.4 is 4.90 Å². The van der Waals surface area contributed by atoms with E-state index in [1.807, 2.05) is 63.2 Å². The van der Waals surface area contributed by atoms with Gasteiger partial charge in [-0.25, -0.2) is 0 Å². The summed E-state index contributed by atoms with van der Waals surface area (Å²) in [5.74, 6) is -0.463. The fourth-order valence-electron chi connectivity index (χ4n) is 3.42. The number of benzene rings is 2. The highest BCUT2D eigenvalue weighted by atomic mass is 79.9. The lowest BCUT2D eigenvalue weighted by molar-refractivity contribution is -0.153. The number of alkyl halides is 1. The van der Waals surface area contributed by atoms with Crippen LogP contribution in [0.3, 0.4) is 0 Å². The van der Waals surface area contributed by atoms with Gasteiger partial charge in [-0.15, -0.1) is 0 Å². The fourth-order valence-corrected chi connectivity index (χ4v) is 4.04. The van der Waals surface area contributed by atoms with Crippen molar-refractivity contribution in [1.29, 1.82) is 0 Å². The first-order valence-electron chi connectivity index (χ1n) is 9.07. The summed E-state index contributed by atoms with van der Waals surface area (Å²) < 4.78 is 5.44. The number of para-hydroxylation sites is 1. The number of carbonyl (C=O) groups excluding carboxylic acids is 2. The van der Waals surface area contributed by atoms with E-state index in [9.17, 15) is 9.59 Å². The van der Waals surface area contributed by atoms with Crippen LogP contribution in [0.4, 0.5) is 5.69 Å². The van der Waals surface area contributed by atoms with Gasteiger partial charge >= 0.3 is 5.97 Å². The normalized spacial score (nSPS) is 20.0. The van der Waals surface area contributed by atoms with Crippen molar-refractivity contribution in [2.24, 2.45) is 0 Å². The van der Waals surface area contributed by atoms with Gasteiger partial charge in [0, 0.05) is 11.6 Å². The van der Waals surface area contributed by atoms with E-state index < -0.39 is 11.6 Å². The number of carbonyl (C=O) groups is 2. The predicted molar refractivity (Wildman–Crippen MR) is 110 cm³/mol. The van der Waals surface area contributed by atoms with Crippen molar-refractivity contribution >= 4 is 33.5 Å². The maximum atomic E-state index is 13.1. The van der Waals surface area contributed by atoms with Gasteiger partial charge < -0.3 is 4.74 Å². The van der Waals surface area contributed by atoms with Gasteiger partial charge in [-0.1, -0.05) is 64.5 Å². The quantitative estimate of drug-likeness (QED) is 0.526. The van der Waals surface area contributed by atoms with Crippen molar-refractivity contribution in [1.82, 2.24) is 0 Å². The Labute approximate surface area is 168 Å². The molecular formula is C22H24BrNO3. The average molecular weight is 430 g/mol. The van der Waals surface area contributed by atoms with Crippen molar-refractivity contribution in [3.63, 3.8) is 0 Å². The Bertz CT molecular complexity index is 829. The number of amides is 1. The van der Waals surface area contributed by atoms with Gasteiger partial charge in [-0.2, -0.15) is 0 Å². The third-order valence-corrected chi connectivity index (χ3v) is 5.25. The number of fused-ring (bicyclic) bond motifs is 1. The van der Waals surface area contributed by atoms with Crippen molar-refractivity contribution in [2.45, 2.75) is 43.5 Å². The third-order valence-electron chi connectivity index (χ3n) is 4.49. The summed E-state index contributed by atoms with van der Waals surface area (Å²) in [6.45, 7) is 5.36. The molecule has 0 saturated carbocycles. The molecule has 0 N–H and O–H groups in total. The minimum absolute atomic E-state index is 0.0689. The summed E-state index contributed by atoms with van der Waals surface area (Å²) in [6, 6.07) is 18.0. The monoisotopic (exact) mass is 429 g/mol. The highest BCUT2D eigenvalue weighted by molar-refractivity contribution is 9.10. The smallest absolute Gasteiger partial charge is 0.326 e. The molecule has 0 spiro atoms. The SMILES string of the molecule is CC(C)(C)OC(=O)CN1C(=O)C(Br)CC(c2ccccc2)c2ccccc21. The number of anilines is 1. The van der Waals surface area contributed by atoms with Crippen LogP contribution in [-0.4, -0.2) is 28.8 Å². The molecule has 5 heteroatoms. The molecule has 0 aliphatic carbocycles. The number of esters is 1. The van der Waals surface area contributed by atoms with Gasteiger partial charge in [0.05, 0.1) is 4.83 Å². The average Bonchev–Trinajstić information content (AvgIpc) is 2.72. The van der Waals surface area contributed by atoms with E-state index in [1.165, 1.54) is 0 Å². The summed E-state index contributed by atoms with van der Waals surface area (Å²) in [5, 5.41) is 0. The maximum Gasteiger partial charge on any atom is 0.326 e. The van der Waals surface area contributed by atoms with Crippen LogP contribution in [0.5, 0.6) is 0 Å². The van der Waals surface area contributed by atoms with E-state index in [2.05, 4.69) is 28.1 Å². The van der Waals surface area contributed by atoms with Crippen LogP contribution in [0.1, 0.15) is 44.2 Å². The van der Waals surface area contributed by atoms with E-state index in [0.29, 0.717) is 6.42 Å². The first-order valence-corrected chi connectivity index (χ1v) is 9.99. The van der Waals surface area contributed by atoms with E-state index in [4.69, 9.17) is 4.74 Å². The Morgan fingerprint density at radius 3 is 2.41 bits per heavy atom. The van der Waals surface area contributed by atoms with E-state index in [0.717, 1.165) is 16.8 Å². The second-order valence-corrected chi connectivity index (χ2v) is 8.84. The van der Waals surface area contributed by atoms with Gasteiger partial charge in [0.2, 0.25) is 5.91 Å². The summed E-state index contributed by atoms with van der Waals surface area (Å²) in [6.07, 6.45) is 0.630. The van der Waals surface area contributed by atoms with Crippen LogP contribution in [0.2, 0.25) is 0 Å². The van der Waals surface area contributed by atoms with Crippen LogP contribution in [-0.2, 0) is 14.3 Å². The zero-order valence-electron chi connectivity index (χ0n) is 15.8. The Morgan fingerprint density at radius 1 is 1.11 bits per heavy atom. The molecule has 27 heavy (non-hydrogen) atoms. The Kier molecular flexibility index (Phi) is 5.70. The lowest BCUT2D eigenvalue weighted by Crippen LogP contribution is -2.41. The number of rotatable bonds is 3. The van der Waals surface area contributed by atoms with Crippen LogP contribution >= 0.6 is 15.9 Å². The summed E-state index contributed by atoms with van der Waals surface area (Å²) >= 11 is 3.55. The fraction of sp³-hybridized carbons (Fsp3) is 0.364. The summed E-state index contributed by atoms with van der Waals surface area (Å²) in [4.78, 5) is 26.6.